The van der Waals surface area contributed by atoms with Gasteiger partial charge in [0.1, 0.15) is 0 Å². The van der Waals surface area contributed by atoms with Crippen molar-refractivity contribution >= 4 is 27.7 Å². The summed E-state index contributed by atoms with van der Waals surface area (Å²) < 4.78 is 2.80. The summed E-state index contributed by atoms with van der Waals surface area (Å²) >= 11 is 3.44. The first-order chi connectivity index (χ1) is 14.9. The van der Waals surface area contributed by atoms with Crippen LogP contribution in [0.2, 0.25) is 0 Å². The fourth-order valence-corrected chi connectivity index (χ4v) is 4.04. The molecule has 0 unspecified atom stereocenters. The van der Waals surface area contributed by atoms with Gasteiger partial charge in [-0.3, -0.25) is 14.5 Å². The van der Waals surface area contributed by atoms with Crippen molar-refractivity contribution in [3.63, 3.8) is 0 Å². The van der Waals surface area contributed by atoms with Gasteiger partial charge in [0.25, 0.3) is 5.91 Å². The number of carbonyl (C=O) groups is 2. The molecule has 2 amide bonds. The molecule has 3 aromatic rings. The van der Waals surface area contributed by atoms with Crippen molar-refractivity contribution in [1.29, 1.82) is 0 Å². The van der Waals surface area contributed by atoms with Gasteiger partial charge in [-0.2, -0.15) is 5.10 Å². The molecule has 4 rings (SSSR count). The standard InChI is InChI=1S/C23H24BrN5O2/c1-16-21(14-26-29(16)20-8-6-19(24)7-9-20)23(31)28-12-10-27(11-13-28)15-17-2-4-18(5-3-17)22(25)30/h2-9,14H,10-13,15H2,1H3,(H2,25,30). The lowest BCUT2D eigenvalue weighted by Gasteiger charge is -2.34. The predicted molar refractivity (Wildman–Crippen MR) is 122 cm³/mol. The lowest BCUT2D eigenvalue weighted by atomic mass is 10.1. The zero-order chi connectivity index (χ0) is 22.0. The first-order valence-electron chi connectivity index (χ1n) is 10.1. The molecule has 0 radical (unpaired) electrons. The van der Waals surface area contributed by atoms with Gasteiger partial charge in [-0.05, 0) is 48.9 Å². The number of nitrogens with two attached hydrogens (primary N) is 1. The Kier molecular flexibility index (Phi) is 6.20. The van der Waals surface area contributed by atoms with Gasteiger partial charge in [0.15, 0.2) is 0 Å². The minimum Gasteiger partial charge on any atom is -0.366 e. The van der Waals surface area contributed by atoms with Gasteiger partial charge in [0, 0.05) is 42.8 Å². The molecule has 160 valence electrons. The van der Waals surface area contributed by atoms with Gasteiger partial charge in [0.05, 0.1) is 23.1 Å². The molecule has 0 spiro atoms. The summed E-state index contributed by atoms with van der Waals surface area (Å²) in [6.45, 7) is 5.63. The number of primary amides is 1. The Labute approximate surface area is 189 Å². The summed E-state index contributed by atoms with van der Waals surface area (Å²) in [5.41, 5.74) is 9.33. The average Bonchev–Trinajstić information content (AvgIpc) is 3.16. The van der Waals surface area contributed by atoms with Crippen LogP contribution < -0.4 is 5.73 Å². The average molecular weight is 482 g/mol. The van der Waals surface area contributed by atoms with Crippen LogP contribution in [-0.4, -0.2) is 57.6 Å². The lowest BCUT2D eigenvalue weighted by molar-refractivity contribution is 0.0627. The molecule has 31 heavy (non-hydrogen) atoms. The molecule has 1 aliphatic heterocycles. The third kappa shape index (κ3) is 4.70. The van der Waals surface area contributed by atoms with E-state index < -0.39 is 5.91 Å². The van der Waals surface area contributed by atoms with Crippen LogP contribution in [0.15, 0.2) is 59.2 Å². The second kappa shape index (κ2) is 9.03. The van der Waals surface area contributed by atoms with Gasteiger partial charge in [-0.15, -0.1) is 0 Å². The summed E-state index contributed by atoms with van der Waals surface area (Å²) in [6, 6.07) is 15.2. The van der Waals surface area contributed by atoms with Crippen LogP contribution in [-0.2, 0) is 6.54 Å². The first-order valence-corrected chi connectivity index (χ1v) is 10.9. The predicted octanol–water partition coefficient (Wildman–Crippen LogP) is 3.00. The lowest BCUT2D eigenvalue weighted by Crippen LogP contribution is -2.48. The maximum atomic E-state index is 13.1. The summed E-state index contributed by atoms with van der Waals surface area (Å²) in [4.78, 5) is 28.5. The number of piperazine rings is 1. The van der Waals surface area contributed by atoms with Gasteiger partial charge in [-0.25, -0.2) is 4.68 Å². The Morgan fingerprint density at radius 2 is 1.65 bits per heavy atom. The van der Waals surface area contributed by atoms with Crippen LogP contribution in [0.4, 0.5) is 0 Å². The highest BCUT2D eigenvalue weighted by atomic mass is 79.9. The van der Waals surface area contributed by atoms with Crippen molar-refractivity contribution in [3.8, 4) is 5.69 Å². The topological polar surface area (TPSA) is 84.5 Å². The van der Waals surface area contributed by atoms with Crippen molar-refractivity contribution in [2.45, 2.75) is 13.5 Å². The maximum absolute atomic E-state index is 13.1. The molecule has 0 bridgehead atoms. The fraction of sp³-hybridized carbons (Fsp3) is 0.261. The van der Waals surface area contributed by atoms with E-state index in [4.69, 9.17) is 5.73 Å². The summed E-state index contributed by atoms with van der Waals surface area (Å²) in [5.74, 6) is -0.399. The van der Waals surface area contributed by atoms with Crippen molar-refractivity contribution < 1.29 is 9.59 Å². The smallest absolute Gasteiger partial charge is 0.257 e. The zero-order valence-corrected chi connectivity index (χ0v) is 18.9. The molecular weight excluding hydrogens is 458 g/mol. The van der Waals surface area contributed by atoms with Crippen molar-refractivity contribution in [3.05, 3.63) is 81.6 Å². The molecule has 0 aliphatic carbocycles. The largest absolute Gasteiger partial charge is 0.366 e. The number of carbonyl (C=O) groups excluding carboxylic acids is 2. The Bertz CT molecular complexity index is 1080. The third-order valence-corrected chi connectivity index (χ3v) is 6.14. The number of nitrogens with zero attached hydrogens (tertiary/aromatic N) is 4. The van der Waals surface area contributed by atoms with Crippen molar-refractivity contribution in [1.82, 2.24) is 19.6 Å². The normalized spacial score (nSPS) is 14.6. The van der Waals surface area contributed by atoms with Crippen LogP contribution in [0.1, 0.15) is 32.0 Å². The van der Waals surface area contributed by atoms with E-state index in [0.29, 0.717) is 24.2 Å². The van der Waals surface area contributed by atoms with E-state index in [-0.39, 0.29) is 5.91 Å². The Morgan fingerprint density at radius 1 is 1.00 bits per heavy atom. The number of hydrogen-bond acceptors (Lipinski definition) is 4. The van der Waals surface area contributed by atoms with Gasteiger partial charge in [0.2, 0.25) is 5.91 Å². The second-order valence-corrected chi connectivity index (χ2v) is 8.58. The van der Waals surface area contributed by atoms with E-state index in [1.54, 1.807) is 23.0 Å². The van der Waals surface area contributed by atoms with E-state index >= 15 is 0 Å². The summed E-state index contributed by atoms with van der Waals surface area (Å²) in [5, 5.41) is 4.43. The number of aromatic nitrogens is 2. The van der Waals surface area contributed by atoms with Gasteiger partial charge >= 0.3 is 0 Å². The quantitative estimate of drug-likeness (QED) is 0.606. The Hall–Kier alpha value is -2.97. The van der Waals surface area contributed by atoms with E-state index in [9.17, 15) is 9.59 Å². The van der Waals surface area contributed by atoms with Crippen molar-refractivity contribution in [2.75, 3.05) is 26.2 Å². The zero-order valence-electron chi connectivity index (χ0n) is 17.3. The molecule has 1 aliphatic rings. The second-order valence-electron chi connectivity index (χ2n) is 7.66. The molecule has 7 nitrogen and oxygen atoms in total. The number of amides is 2. The molecule has 0 saturated carbocycles. The molecule has 0 atom stereocenters. The van der Waals surface area contributed by atoms with Crippen LogP contribution in [0.3, 0.4) is 0 Å². The van der Waals surface area contributed by atoms with E-state index in [1.165, 1.54) is 0 Å². The van der Waals surface area contributed by atoms with Crippen molar-refractivity contribution in [2.24, 2.45) is 5.73 Å². The number of rotatable bonds is 5. The highest BCUT2D eigenvalue weighted by molar-refractivity contribution is 9.10. The molecule has 2 N–H and O–H groups in total. The van der Waals surface area contributed by atoms with E-state index in [0.717, 1.165) is 41.1 Å². The van der Waals surface area contributed by atoms with Crippen LogP contribution in [0.5, 0.6) is 0 Å². The first kappa shape index (κ1) is 21.3. The van der Waals surface area contributed by atoms with Gasteiger partial charge < -0.3 is 10.6 Å². The highest BCUT2D eigenvalue weighted by Crippen LogP contribution is 2.19. The van der Waals surface area contributed by atoms with Crippen LogP contribution in [0.25, 0.3) is 5.69 Å². The van der Waals surface area contributed by atoms with E-state index in [1.807, 2.05) is 48.2 Å². The van der Waals surface area contributed by atoms with E-state index in [2.05, 4.69) is 25.9 Å². The number of benzene rings is 2. The Morgan fingerprint density at radius 3 is 2.26 bits per heavy atom. The number of halogens is 1. The van der Waals surface area contributed by atoms with Crippen LogP contribution >= 0.6 is 15.9 Å². The molecule has 2 heterocycles. The summed E-state index contributed by atoms with van der Waals surface area (Å²) in [6.07, 6.45) is 1.66. The minimum absolute atomic E-state index is 0.0197. The third-order valence-electron chi connectivity index (χ3n) is 5.62. The monoisotopic (exact) mass is 481 g/mol. The Balaban J connectivity index is 1.37. The molecule has 2 aromatic carbocycles. The summed E-state index contributed by atoms with van der Waals surface area (Å²) in [7, 11) is 0. The minimum atomic E-state index is -0.419. The molecule has 1 saturated heterocycles. The molecule has 8 heteroatoms. The van der Waals surface area contributed by atoms with Crippen LogP contribution in [0, 0.1) is 6.92 Å². The maximum Gasteiger partial charge on any atom is 0.257 e. The SMILES string of the molecule is Cc1c(C(=O)N2CCN(Cc3ccc(C(N)=O)cc3)CC2)cnn1-c1ccc(Br)cc1. The number of hydrogen-bond donors (Lipinski definition) is 1. The fourth-order valence-electron chi connectivity index (χ4n) is 3.77. The van der Waals surface area contributed by atoms with Gasteiger partial charge in [-0.1, -0.05) is 28.1 Å². The molecular formula is C23H24BrN5O2. The molecule has 1 aromatic heterocycles. The highest BCUT2D eigenvalue weighted by Gasteiger charge is 2.25. The molecule has 1 fully saturated rings.